The Kier molecular flexibility index (Phi) is 5.80. The van der Waals surface area contributed by atoms with Crippen LogP contribution < -0.4 is 10.1 Å². The van der Waals surface area contributed by atoms with Gasteiger partial charge in [-0.2, -0.15) is 0 Å². The quantitative estimate of drug-likeness (QED) is 0.842. The summed E-state index contributed by atoms with van der Waals surface area (Å²) in [5.74, 6) is 0.658. The van der Waals surface area contributed by atoms with Crippen LogP contribution in [0, 0.1) is 13.8 Å². The number of aryl methyl sites for hydroxylation is 2. The molecule has 0 aliphatic heterocycles. The molecule has 0 radical (unpaired) electrons. The maximum atomic E-state index is 12.5. The lowest BCUT2D eigenvalue weighted by Crippen LogP contribution is -2.32. The van der Waals surface area contributed by atoms with Crippen molar-refractivity contribution in [1.29, 1.82) is 0 Å². The molecule has 0 fully saturated rings. The number of hydrogen-bond acceptors (Lipinski definition) is 2. The highest BCUT2D eigenvalue weighted by Crippen LogP contribution is 2.23. The average molecular weight is 311 g/mol. The molecule has 0 aliphatic rings. The van der Waals surface area contributed by atoms with Crippen molar-refractivity contribution in [2.75, 3.05) is 5.32 Å². The van der Waals surface area contributed by atoms with Gasteiger partial charge in [-0.25, -0.2) is 0 Å². The van der Waals surface area contributed by atoms with E-state index in [1.54, 1.807) is 0 Å². The van der Waals surface area contributed by atoms with Gasteiger partial charge in [-0.3, -0.25) is 4.79 Å². The number of amides is 1. The van der Waals surface area contributed by atoms with Gasteiger partial charge < -0.3 is 10.1 Å². The van der Waals surface area contributed by atoms with Crippen molar-refractivity contribution in [3.05, 3.63) is 59.2 Å². The van der Waals surface area contributed by atoms with E-state index in [9.17, 15) is 4.79 Å². The molecule has 2 rings (SSSR count). The first kappa shape index (κ1) is 17.1. The van der Waals surface area contributed by atoms with E-state index in [2.05, 4.69) is 12.2 Å². The van der Waals surface area contributed by atoms with Crippen LogP contribution in [0.2, 0.25) is 0 Å². The summed E-state index contributed by atoms with van der Waals surface area (Å²) < 4.78 is 5.94. The van der Waals surface area contributed by atoms with E-state index in [4.69, 9.17) is 4.74 Å². The van der Waals surface area contributed by atoms with Crippen LogP contribution in [0.25, 0.3) is 0 Å². The zero-order chi connectivity index (χ0) is 16.8. The zero-order valence-electron chi connectivity index (χ0n) is 14.3. The number of ether oxygens (including phenoxy) is 1. The molecule has 1 atom stereocenters. The summed E-state index contributed by atoms with van der Waals surface area (Å²) in [6.07, 6.45) is 1.11. The van der Waals surface area contributed by atoms with Crippen molar-refractivity contribution < 1.29 is 9.53 Å². The van der Waals surface area contributed by atoms with E-state index in [0.29, 0.717) is 6.42 Å². The van der Waals surface area contributed by atoms with Gasteiger partial charge in [0.2, 0.25) is 0 Å². The molecule has 2 aromatic rings. The van der Waals surface area contributed by atoms with E-state index >= 15 is 0 Å². The minimum Gasteiger partial charge on any atom is -0.480 e. The maximum absolute atomic E-state index is 12.5. The van der Waals surface area contributed by atoms with Crippen LogP contribution in [0.5, 0.6) is 5.75 Å². The largest absolute Gasteiger partial charge is 0.480 e. The van der Waals surface area contributed by atoms with Crippen molar-refractivity contribution in [2.24, 2.45) is 0 Å². The van der Waals surface area contributed by atoms with Gasteiger partial charge in [0.15, 0.2) is 6.10 Å². The Labute approximate surface area is 138 Å². The molecule has 1 N–H and O–H groups in total. The molecule has 0 aromatic heterocycles. The van der Waals surface area contributed by atoms with Gasteiger partial charge >= 0.3 is 0 Å². The predicted molar refractivity (Wildman–Crippen MR) is 95.1 cm³/mol. The number of anilines is 1. The SMILES string of the molecule is CCc1ccc(NC(=O)[C@@H](CC)Oc2cccc(C)c2C)cc1. The number of nitrogens with one attached hydrogen (secondary N) is 1. The minimum atomic E-state index is -0.499. The second-order valence-corrected chi connectivity index (χ2v) is 5.75. The molecular formula is C20H25NO2. The third-order valence-electron chi connectivity index (χ3n) is 4.12. The monoisotopic (exact) mass is 311 g/mol. The molecular weight excluding hydrogens is 286 g/mol. The van der Waals surface area contributed by atoms with Crippen molar-refractivity contribution in [3.63, 3.8) is 0 Å². The summed E-state index contributed by atoms with van der Waals surface area (Å²) in [7, 11) is 0. The van der Waals surface area contributed by atoms with Crippen LogP contribution in [-0.4, -0.2) is 12.0 Å². The maximum Gasteiger partial charge on any atom is 0.265 e. The standard InChI is InChI=1S/C20H25NO2/c1-5-16-10-12-17(13-11-16)21-20(22)18(6-2)23-19-9-7-8-14(3)15(19)4/h7-13,18H,5-6H2,1-4H3,(H,21,22)/t18-/m1/s1. The summed E-state index contributed by atoms with van der Waals surface area (Å²) in [5, 5.41) is 2.93. The third kappa shape index (κ3) is 4.35. The Bertz CT molecular complexity index is 662. The van der Waals surface area contributed by atoms with Crippen LogP contribution in [0.1, 0.15) is 37.0 Å². The van der Waals surface area contributed by atoms with E-state index in [-0.39, 0.29) is 5.91 Å². The van der Waals surface area contributed by atoms with Gasteiger partial charge in [-0.05, 0) is 61.6 Å². The fourth-order valence-corrected chi connectivity index (χ4v) is 2.37. The predicted octanol–water partition coefficient (Wildman–Crippen LogP) is 4.66. The molecule has 3 nitrogen and oxygen atoms in total. The highest BCUT2D eigenvalue weighted by Gasteiger charge is 2.19. The molecule has 3 heteroatoms. The minimum absolute atomic E-state index is 0.113. The lowest BCUT2D eigenvalue weighted by Gasteiger charge is -2.19. The normalized spacial score (nSPS) is 11.8. The molecule has 2 aromatic carbocycles. The van der Waals surface area contributed by atoms with Crippen molar-refractivity contribution in [3.8, 4) is 5.75 Å². The Balaban J connectivity index is 2.07. The molecule has 0 heterocycles. The second kappa shape index (κ2) is 7.82. The van der Waals surface area contributed by atoms with Crippen LogP contribution in [0.3, 0.4) is 0 Å². The molecule has 0 unspecified atom stereocenters. The smallest absolute Gasteiger partial charge is 0.265 e. The van der Waals surface area contributed by atoms with E-state index in [1.165, 1.54) is 5.56 Å². The molecule has 0 bridgehead atoms. The summed E-state index contributed by atoms with van der Waals surface area (Å²) >= 11 is 0. The van der Waals surface area contributed by atoms with Gasteiger partial charge in [0, 0.05) is 5.69 Å². The molecule has 122 valence electrons. The first-order valence-corrected chi connectivity index (χ1v) is 8.17. The fraction of sp³-hybridized carbons (Fsp3) is 0.350. The first-order valence-electron chi connectivity index (χ1n) is 8.17. The fourth-order valence-electron chi connectivity index (χ4n) is 2.37. The van der Waals surface area contributed by atoms with Crippen LogP contribution >= 0.6 is 0 Å². The van der Waals surface area contributed by atoms with Gasteiger partial charge in [-0.1, -0.05) is 38.1 Å². The number of hydrogen-bond donors (Lipinski definition) is 1. The molecule has 0 saturated heterocycles. The number of benzene rings is 2. The first-order chi connectivity index (χ1) is 11.0. The van der Waals surface area contributed by atoms with Crippen molar-refractivity contribution >= 4 is 11.6 Å². The highest BCUT2D eigenvalue weighted by atomic mass is 16.5. The molecule has 0 saturated carbocycles. The summed E-state index contributed by atoms with van der Waals surface area (Å²) in [5.41, 5.74) is 4.29. The highest BCUT2D eigenvalue weighted by molar-refractivity contribution is 5.94. The molecule has 0 spiro atoms. The Morgan fingerprint density at radius 3 is 2.39 bits per heavy atom. The van der Waals surface area contributed by atoms with Crippen LogP contribution in [0.4, 0.5) is 5.69 Å². The lowest BCUT2D eigenvalue weighted by molar-refractivity contribution is -0.122. The zero-order valence-corrected chi connectivity index (χ0v) is 14.3. The third-order valence-corrected chi connectivity index (χ3v) is 4.12. The van der Waals surface area contributed by atoms with Crippen molar-refractivity contribution in [1.82, 2.24) is 0 Å². The average Bonchev–Trinajstić information content (AvgIpc) is 2.56. The van der Waals surface area contributed by atoms with Gasteiger partial charge in [-0.15, -0.1) is 0 Å². The topological polar surface area (TPSA) is 38.3 Å². The lowest BCUT2D eigenvalue weighted by atomic mass is 10.1. The van der Waals surface area contributed by atoms with Gasteiger partial charge in [0.25, 0.3) is 5.91 Å². The van der Waals surface area contributed by atoms with E-state index in [1.807, 2.05) is 63.2 Å². The Morgan fingerprint density at radius 2 is 1.78 bits per heavy atom. The molecule has 1 amide bonds. The molecule has 23 heavy (non-hydrogen) atoms. The summed E-state index contributed by atoms with van der Waals surface area (Å²) in [6, 6.07) is 13.8. The summed E-state index contributed by atoms with van der Waals surface area (Å²) in [4.78, 5) is 12.5. The van der Waals surface area contributed by atoms with Gasteiger partial charge in [0.05, 0.1) is 0 Å². The van der Waals surface area contributed by atoms with Crippen LogP contribution in [0.15, 0.2) is 42.5 Å². The van der Waals surface area contributed by atoms with Crippen molar-refractivity contribution in [2.45, 2.75) is 46.6 Å². The van der Waals surface area contributed by atoms with Gasteiger partial charge in [0.1, 0.15) is 5.75 Å². The van der Waals surface area contributed by atoms with E-state index in [0.717, 1.165) is 29.0 Å². The molecule has 0 aliphatic carbocycles. The summed E-state index contributed by atoms with van der Waals surface area (Å²) in [6.45, 7) is 8.12. The van der Waals surface area contributed by atoms with E-state index < -0.39 is 6.10 Å². The Hall–Kier alpha value is -2.29. The number of carbonyl (C=O) groups excluding carboxylic acids is 1. The number of rotatable bonds is 6. The Morgan fingerprint density at radius 1 is 1.09 bits per heavy atom. The van der Waals surface area contributed by atoms with Crippen LogP contribution in [-0.2, 0) is 11.2 Å². The second-order valence-electron chi connectivity index (χ2n) is 5.75. The number of carbonyl (C=O) groups is 1.